The largest absolute Gasteiger partial charge is 0.466 e. The summed E-state index contributed by atoms with van der Waals surface area (Å²) in [5.41, 5.74) is -1.61. The van der Waals surface area contributed by atoms with Gasteiger partial charge in [0.25, 0.3) is 0 Å². The summed E-state index contributed by atoms with van der Waals surface area (Å²) in [6, 6.07) is 0. The number of carbonyl (C=O) groups excluding carboxylic acids is 3. The predicted octanol–water partition coefficient (Wildman–Crippen LogP) is 0.0240. The van der Waals surface area contributed by atoms with Crippen LogP contribution in [0.4, 0.5) is 0 Å². The number of carbonyl (C=O) groups is 3. The van der Waals surface area contributed by atoms with E-state index in [4.69, 9.17) is 14.2 Å². The van der Waals surface area contributed by atoms with Crippen LogP contribution in [-0.4, -0.2) is 49.8 Å². The van der Waals surface area contributed by atoms with Crippen LogP contribution in [0.2, 0.25) is 0 Å². The molecule has 7 nitrogen and oxygen atoms in total. The van der Waals surface area contributed by atoms with Crippen LogP contribution in [-0.2, 0) is 28.6 Å². The minimum atomic E-state index is -1.61. The van der Waals surface area contributed by atoms with E-state index in [1.54, 1.807) is 20.8 Å². The lowest BCUT2D eigenvalue weighted by Gasteiger charge is -2.24. The molecular formula is C13H21NO6. The van der Waals surface area contributed by atoms with E-state index in [-0.39, 0.29) is 32.8 Å². The van der Waals surface area contributed by atoms with Crippen LogP contribution >= 0.6 is 0 Å². The number of nitrogens with one attached hydrogen (secondary N) is 1. The Hall–Kier alpha value is -1.63. The Bertz CT molecular complexity index is 363. The lowest BCUT2D eigenvalue weighted by molar-refractivity contribution is -0.165. The molecule has 1 aliphatic rings. The fourth-order valence-electron chi connectivity index (χ4n) is 2.14. The number of hydrogen-bond donors (Lipinski definition) is 1. The summed E-state index contributed by atoms with van der Waals surface area (Å²) >= 11 is 0. The highest BCUT2D eigenvalue weighted by atomic mass is 16.6. The van der Waals surface area contributed by atoms with Gasteiger partial charge in [-0.15, -0.1) is 0 Å². The Labute approximate surface area is 117 Å². The molecular weight excluding hydrogens is 266 g/mol. The third-order valence-corrected chi connectivity index (χ3v) is 3.07. The van der Waals surface area contributed by atoms with Gasteiger partial charge in [0.2, 0.25) is 5.54 Å². The molecule has 20 heavy (non-hydrogen) atoms. The molecule has 0 aromatic rings. The number of ether oxygens (including phenoxy) is 3. The van der Waals surface area contributed by atoms with Crippen LogP contribution in [0, 0.1) is 5.92 Å². The zero-order valence-corrected chi connectivity index (χ0v) is 12.1. The smallest absolute Gasteiger partial charge is 0.338 e. The summed E-state index contributed by atoms with van der Waals surface area (Å²) in [6.07, 6.45) is -0.0104. The van der Waals surface area contributed by atoms with Crippen LogP contribution in [0.25, 0.3) is 0 Å². The Kier molecular flexibility index (Phi) is 5.94. The van der Waals surface area contributed by atoms with Gasteiger partial charge in [-0.3, -0.25) is 10.1 Å². The molecule has 0 amide bonds. The Balaban J connectivity index is 2.89. The summed E-state index contributed by atoms with van der Waals surface area (Å²) in [5.74, 6) is -2.44. The van der Waals surface area contributed by atoms with Crippen LogP contribution < -0.4 is 5.32 Å². The molecule has 0 spiro atoms. The van der Waals surface area contributed by atoms with Gasteiger partial charge in [-0.1, -0.05) is 0 Å². The second-order valence-corrected chi connectivity index (χ2v) is 4.38. The molecule has 0 saturated carbocycles. The van der Waals surface area contributed by atoms with E-state index < -0.39 is 29.4 Å². The Morgan fingerprint density at radius 3 is 1.95 bits per heavy atom. The Morgan fingerprint density at radius 1 is 1.00 bits per heavy atom. The van der Waals surface area contributed by atoms with Crippen molar-refractivity contribution in [1.82, 2.24) is 5.32 Å². The highest BCUT2D eigenvalue weighted by Gasteiger charge is 2.55. The van der Waals surface area contributed by atoms with Crippen LogP contribution in [0.5, 0.6) is 0 Å². The predicted molar refractivity (Wildman–Crippen MR) is 68.7 cm³/mol. The molecule has 1 unspecified atom stereocenters. The van der Waals surface area contributed by atoms with E-state index in [9.17, 15) is 14.4 Å². The van der Waals surface area contributed by atoms with E-state index in [1.807, 2.05) is 0 Å². The van der Waals surface area contributed by atoms with Crippen molar-refractivity contribution in [3.8, 4) is 0 Å². The molecule has 1 heterocycles. The second-order valence-electron chi connectivity index (χ2n) is 4.38. The highest BCUT2D eigenvalue weighted by molar-refractivity contribution is 6.06. The van der Waals surface area contributed by atoms with Crippen molar-refractivity contribution >= 4 is 17.9 Å². The lowest BCUT2D eigenvalue weighted by Crippen LogP contribution is -2.56. The average molecular weight is 287 g/mol. The highest BCUT2D eigenvalue weighted by Crippen LogP contribution is 2.28. The van der Waals surface area contributed by atoms with Gasteiger partial charge < -0.3 is 14.2 Å². The van der Waals surface area contributed by atoms with Crippen molar-refractivity contribution < 1.29 is 28.6 Å². The third kappa shape index (κ3) is 3.27. The maximum Gasteiger partial charge on any atom is 0.338 e. The summed E-state index contributed by atoms with van der Waals surface area (Å²) in [4.78, 5) is 35.9. The second kappa shape index (κ2) is 7.23. The topological polar surface area (TPSA) is 90.9 Å². The Morgan fingerprint density at radius 2 is 1.50 bits per heavy atom. The average Bonchev–Trinajstić information content (AvgIpc) is 2.86. The minimum absolute atomic E-state index is 0.0104. The molecule has 1 aliphatic heterocycles. The first-order valence-electron chi connectivity index (χ1n) is 6.77. The molecule has 0 bridgehead atoms. The monoisotopic (exact) mass is 287 g/mol. The van der Waals surface area contributed by atoms with Crippen molar-refractivity contribution in [2.24, 2.45) is 5.92 Å². The molecule has 0 radical (unpaired) electrons. The standard InChI is InChI=1S/C13H21NO6/c1-4-18-10(15)9-7-13(14-8-9,11(16)19-5-2)12(17)20-6-3/h9,14H,4-8H2,1-3H3. The van der Waals surface area contributed by atoms with E-state index >= 15 is 0 Å². The van der Waals surface area contributed by atoms with Gasteiger partial charge in [0.15, 0.2) is 0 Å². The van der Waals surface area contributed by atoms with Gasteiger partial charge in [-0.05, 0) is 20.8 Å². The number of hydrogen-bond acceptors (Lipinski definition) is 7. The summed E-state index contributed by atoms with van der Waals surface area (Å²) in [5, 5.41) is 2.78. The van der Waals surface area contributed by atoms with Crippen molar-refractivity contribution in [1.29, 1.82) is 0 Å². The maximum absolute atomic E-state index is 12.1. The van der Waals surface area contributed by atoms with Gasteiger partial charge in [-0.25, -0.2) is 9.59 Å². The van der Waals surface area contributed by atoms with Crippen molar-refractivity contribution in [2.45, 2.75) is 32.7 Å². The van der Waals surface area contributed by atoms with Gasteiger partial charge in [0.1, 0.15) is 0 Å². The first kappa shape index (κ1) is 16.4. The quantitative estimate of drug-likeness (QED) is 0.418. The molecule has 7 heteroatoms. The van der Waals surface area contributed by atoms with E-state index in [0.29, 0.717) is 0 Å². The first-order chi connectivity index (χ1) is 9.51. The summed E-state index contributed by atoms with van der Waals surface area (Å²) in [6.45, 7) is 5.71. The lowest BCUT2D eigenvalue weighted by atomic mass is 9.93. The maximum atomic E-state index is 12.1. The van der Waals surface area contributed by atoms with E-state index in [2.05, 4.69) is 5.32 Å². The molecule has 1 saturated heterocycles. The van der Waals surface area contributed by atoms with Crippen molar-refractivity contribution in [3.63, 3.8) is 0 Å². The normalized spacial score (nSPS) is 20.2. The van der Waals surface area contributed by atoms with Gasteiger partial charge in [0.05, 0.1) is 25.7 Å². The van der Waals surface area contributed by atoms with E-state index in [0.717, 1.165) is 0 Å². The number of rotatable bonds is 6. The summed E-state index contributed by atoms with van der Waals surface area (Å²) in [7, 11) is 0. The number of esters is 3. The molecule has 1 fully saturated rings. The molecule has 114 valence electrons. The molecule has 1 atom stereocenters. The fourth-order valence-corrected chi connectivity index (χ4v) is 2.14. The molecule has 1 N–H and O–H groups in total. The third-order valence-electron chi connectivity index (χ3n) is 3.07. The zero-order chi connectivity index (χ0) is 15.2. The molecule has 0 aromatic heterocycles. The first-order valence-corrected chi connectivity index (χ1v) is 6.77. The minimum Gasteiger partial charge on any atom is -0.466 e. The summed E-state index contributed by atoms with van der Waals surface area (Å²) < 4.78 is 14.8. The van der Waals surface area contributed by atoms with Crippen LogP contribution in [0.3, 0.4) is 0 Å². The van der Waals surface area contributed by atoms with Crippen LogP contribution in [0.1, 0.15) is 27.2 Å². The van der Waals surface area contributed by atoms with Crippen LogP contribution in [0.15, 0.2) is 0 Å². The van der Waals surface area contributed by atoms with Crippen molar-refractivity contribution in [3.05, 3.63) is 0 Å². The fraction of sp³-hybridized carbons (Fsp3) is 0.769. The van der Waals surface area contributed by atoms with Gasteiger partial charge >= 0.3 is 17.9 Å². The van der Waals surface area contributed by atoms with Gasteiger partial charge in [-0.2, -0.15) is 0 Å². The SMILES string of the molecule is CCOC(=O)C1CNC(C(=O)OCC)(C(=O)OCC)C1. The molecule has 0 aliphatic carbocycles. The van der Waals surface area contributed by atoms with E-state index in [1.165, 1.54) is 0 Å². The zero-order valence-electron chi connectivity index (χ0n) is 12.1. The van der Waals surface area contributed by atoms with Crippen molar-refractivity contribution in [2.75, 3.05) is 26.4 Å². The molecule has 1 rings (SSSR count). The van der Waals surface area contributed by atoms with Gasteiger partial charge in [0, 0.05) is 13.0 Å². The molecule has 0 aromatic carbocycles.